The van der Waals surface area contributed by atoms with Gasteiger partial charge in [0.2, 0.25) is 0 Å². The average Bonchev–Trinajstić information content (AvgIpc) is 2.59. The van der Waals surface area contributed by atoms with Crippen molar-refractivity contribution in [2.75, 3.05) is 5.32 Å². The minimum absolute atomic E-state index is 0. The number of non-ortho nitro benzene ring substituents is 1. The van der Waals surface area contributed by atoms with Crippen LogP contribution in [0, 0.1) is 21.4 Å². The average molecular weight is 443 g/mol. The van der Waals surface area contributed by atoms with Crippen molar-refractivity contribution in [2.45, 2.75) is 71.9 Å². The first-order valence-electron chi connectivity index (χ1n) is 9.42. The predicted octanol–water partition coefficient (Wildman–Crippen LogP) is 5.51. The van der Waals surface area contributed by atoms with Gasteiger partial charge in [-0.25, -0.2) is 4.79 Å². The van der Waals surface area contributed by atoms with E-state index < -0.39 is 11.0 Å². The molecule has 1 N–H and O–H groups in total. The van der Waals surface area contributed by atoms with Gasteiger partial charge in [-0.3, -0.25) is 10.1 Å². The number of esters is 1. The van der Waals surface area contributed by atoms with Gasteiger partial charge in [-0.05, 0) is 55.6 Å². The van der Waals surface area contributed by atoms with Gasteiger partial charge in [-0.15, -0.1) is 17.0 Å². The second kappa shape index (κ2) is 10.1. The minimum Gasteiger partial charge on any atom is -0.461 e. The van der Waals surface area contributed by atoms with Crippen molar-refractivity contribution in [3.05, 3.63) is 34.4 Å². The third-order valence-corrected chi connectivity index (χ3v) is 5.29. The Hall–Kier alpha value is -1.63. The van der Waals surface area contributed by atoms with Crippen LogP contribution < -0.4 is 5.32 Å². The molecule has 1 unspecified atom stereocenters. The summed E-state index contributed by atoms with van der Waals surface area (Å²) in [5, 5.41) is 13.8. The summed E-state index contributed by atoms with van der Waals surface area (Å²) in [6.07, 6.45) is 4.60. The van der Waals surface area contributed by atoms with Crippen LogP contribution in [0.4, 0.5) is 11.4 Å². The topological polar surface area (TPSA) is 81.5 Å². The Bertz CT molecular complexity index is 620. The molecule has 0 aromatic heterocycles. The molecule has 0 radical (unpaired) electrons. The summed E-state index contributed by atoms with van der Waals surface area (Å²) in [4.78, 5) is 22.8. The summed E-state index contributed by atoms with van der Waals surface area (Å²) < 4.78 is 5.73. The first-order valence-corrected chi connectivity index (χ1v) is 9.42. The molecule has 1 saturated carbocycles. The Morgan fingerprint density at radius 1 is 1.22 bits per heavy atom. The highest BCUT2D eigenvalue weighted by molar-refractivity contribution is 8.93. The van der Waals surface area contributed by atoms with Gasteiger partial charge in [0, 0.05) is 17.8 Å². The number of ether oxygens (including phenoxy) is 1. The molecular formula is C20H31BrN2O4. The Morgan fingerprint density at radius 2 is 1.78 bits per heavy atom. The molecular weight excluding hydrogens is 412 g/mol. The minimum atomic E-state index is -0.447. The zero-order valence-electron chi connectivity index (χ0n) is 16.6. The third kappa shape index (κ3) is 6.79. The van der Waals surface area contributed by atoms with Crippen molar-refractivity contribution in [1.82, 2.24) is 0 Å². The van der Waals surface area contributed by atoms with Gasteiger partial charge in [0.05, 0.1) is 4.92 Å². The van der Waals surface area contributed by atoms with Gasteiger partial charge in [0.15, 0.2) is 0 Å². The lowest BCUT2D eigenvalue weighted by atomic mass is 9.72. The number of carbonyl (C=O) groups excluding carboxylic acids is 1. The summed E-state index contributed by atoms with van der Waals surface area (Å²) in [5.74, 6) is 0.433. The summed E-state index contributed by atoms with van der Waals surface area (Å²) in [5.41, 5.74) is 1.01. The molecule has 1 aromatic rings. The van der Waals surface area contributed by atoms with Crippen LogP contribution in [0.25, 0.3) is 0 Å². The van der Waals surface area contributed by atoms with E-state index in [-0.39, 0.29) is 34.7 Å². The molecule has 1 aliphatic rings. The molecule has 2 rings (SSSR count). The fourth-order valence-corrected chi connectivity index (χ4v) is 3.50. The van der Waals surface area contributed by atoms with E-state index in [1.54, 1.807) is 12.1 Å². The van der Waals surface area contributed by atoms with Gasteiger partial charge < -0.3 is 10.1 Å². The van der Waals surface area contributed by atoms with E-state index in [0.29, 0.717) is 23.4 Å². The predicted molar refractivity (Wildman–Crippen MR) is 112 cm³/mol. The molecule has 6 nitrogen and oxygen atoms in total. The monoisotopic (exact) mass is 442 g/mol. The van der Waals surface area contributed by atoms with E-state index in [9.17, 15) is 14.9 Å². The number of nitrogens with one attached hydrogen (secondary N) is 1. The van der Waals surface area contributed by atoms with Crippen molar-refractivity contribution in [1.29, 1.82) is 0 Å². The van der Waals surface area contributed by atoms with Gasteiger partial charge in [-0.1, -0.05) is 27.7 Å². The Kier molecular flexibility index (Phi) is 8.72. The fourth-order valence-electron chi connectivity index (χ4n) is 3.50. The number of hydrogen-bond donors (Lipinski definition) is 1. The number of anilines is 1. The van der Waals surface area contributed by atoms with Crippen LogP contribution in [0.2, 0.25) is 0 Å². The first kappa shape index (κ1) is 23.4. The van der Waals surface area contributed by atoms with Crippen molar-refractivity contribution in [3.8, 4) is 0 Å². The van der Waals surface area contributed by atoms with Crippen LogP contribution in [-0.2, 0) is 9.53 Å². The van der Waals surface area contributed by atoms with Crippen LogP contribution >= 0.6 is 17.0 Å². The number of rotatable bonds is 6. The lowest BCUT2D eigenvalue weighted by Gasteiger charge is -2.37. The smallest absolute Gasteiger partial charge is 0.328 e. The molecule has 1 atom stereocenters. The largest absolute Gasteiger partial charge is 0.461 e. The van der Waals surface area contributed by atoms with Crippen molar-refractivity contribution in [2.24, 2.45) is 11.3 Å². The van der Waals surface area contributed by atoms with Gasteiger partial charge in [-0.2, -0.15) is 0 Å². The lowest BCUT2D eigenvalue weighted by Crippen LogP contribution is -2.36. The molecule has 0 heterocycles. The maximum absolute atomic E-state index is 12.5. The number of carbonyl (C=O) groups is 1. The molecule has 27 heavy (non-hydrogen) atoms. The Labute approximate surface area is 172 Å². The van der Waals surface area contributed by atoms with Gasteiger partial charge in [0.1, 0.15) is 12.1 Å². The number of benzene rings is 1. The molecule has 0 saturated heterocycles. The third-order valence-electron chi connectivity index (χ3n) is 5.29. The van der Waals surface area contributed by atoms with Crippen molar-refractivity contribution < 1.29 is 14.5 Å². The van der Waals surface area contributed by atoms with Crippen LogP contribution in [-0.4, -0.2) is 23.0 Å². The fraction of sp³-hybridized carbons (Fsp3) is 0.650. The molecule has 152 valence electrons. The van der Waals surface area contributed by atoms with Crippen LogP contribution in [0.1, 0.15) is 59.8 Å². The normalized spacial score (nSPS) is 20.9. The Morgan fingerprint density at radius 3 is 2.22 bits per heavy atom. The van der Waals surface area contributed by atoms with Crippen molar-refractivity contribution in [3.63, 3.8) is 0 Å². The molecule has 1 fully saturated rings. The molecule has 1 aliphatic carbocycles. The quantitative estimate of drug-likeness (QED) is 0.356. The van der Waals surface area contributed by atoms with Gasteiger partial charge >= 0.3 is 5.97 Å². The summed E-state index contributed by atoms with van der Waals surface area (Å²) in [6.45, 7) is 8.72. The maximum atomic E-state index is 12.5. The zero-order chi connectivity index (χ0) is 19.3. The van der Waals surface area contributed by atoms with Crippen LogP contribution in [0.5, 0.6) is 0 Å². The second-order valence-electron chi connectivity index (χ2n) is 8.19. The Balaban J connectivity index is 0.00000364. The highest BCUT2D eigenvalue weighted by atomic mass is 79.9. The summed E-state index contributed by atoms with van der Waals surface area (Å²) in [6, 6.07) is 5.63. The first-order chi connectivity index (χ1) is 12.2. The van der Waals surface area contributed by atoms with E-state index in [1.807, 2.05) is 6.92 Å². The van der Waals surface area contributed by atoms with E-state index >= 15 is 0 Å². The number of nitro groups is 1. The molecule has 0 aliphatic heterocycles. The lowest BCUT2D eigenvalue weighted by molar-refractivity contribution is -0.384. The standard InChI is InChI=1S/C20H30N2O4.BrH/c1-5-18(21-15-8-10-16(11-9-15)22(24)25)19(23)26-17-12-6-14(7-13-17)20(2,3)4;/h8-11,14,17-18,21H,5-7,12-13H2,1-4H3;1H. The molecule has 0 bridgehead atoms. The summed E-state index contributed by atoms with van der Waals surface area (Å²) >= 11 is 0. The van der Waals surface area contributed by atoms with Crippen LogP contribution in [0.3, 0.4) is 0 Å². The number of nitrogens with zero attached hydrogens (tertiary/aromatic N) is 1. The van der Waals surface area contributed by atoms with E-state index in [1.165, 1.54) is 12.1 Å². The number of nitro benzene ring substituents is 1. The van der Waals surface area contributed by atoms with Crippen molar-refractivity contribution >= 4 is 34.3 Å². The number of halogens is 1. The second-order valence-corrected chi connectivity index (χ2v) is 8.19. The maximum Gasteiger partial charge on any atom is 0.328 e. The highest BCUT2D eigenvalue weighted by Crippen LogP contribution is 2.38. The van der Waals surface area contributed by atoms with Gasteiger partial charge in [0.25, 0.3) is 5.69 Å². The molecule has 1 aromatic carbocycles. The molecule has 0 spiro atoms. The number of hydrogen-bond acceptors (Lipinski definition) is 5. The highest BCUT2D eigenvalue weighted by Gasteiger charge is 2.32. The molecule has 0 amide bonds. The SMILES string of the molecule is Br.CCC(Nc1ccc([N+](=O)[O-])cc1)C(=O)OC1CCC(C(C)(C)C)CC1. The van der Waals surface area contributed by atoms with E-state index in [4.69, 9.17) is 4.74 Å². The van der Waals surface area contributed by atoms with E-state index in [2.05, 4.69) is 26.1 Å². The van der Waals surface area contributed by atoms with Crippen LogP contribution in [0.15, 0.2) is 24.3 Å². The zero-order valence-corrected chi connectivity index (χ0v) is 18.3. The molecule has 7 heteroatoms. The summed E-state index contributed by atoms with van der Waals surface area (Å²) in [7, 11) is 0. The van der Waals surface area contributed by atoms with E-state index in [0.717, 1.165) is 25.7 Å².